The number of fused-ring (bicyclic) bond motifs is 5. The maximum atomic E-state index is 12.9. The van der Waals surface area contributed by atoms with Crippen LogP contribution < -0.4 is 16.2 Å². The van der Waals surface area contributed by atoms with Crippen LogP contribution in [-0.4, -0.2) is 23.6 Å². The van der Waals surface area contributed by atoms with Crippen LogP contribution in [0.2, 0.25) is 0 Å². The van der Waals surface area contributed by atoms with E-state index in [0.29, 0.717) is 24.1 Å². The van der Waals surface area contributed by atoms with Crippen molar-refractivity contribution in [3.05, 3.63) is 69.8 Å². The Hall–Kier alpha value is -2.57. The molecule has 7 heteroatoms. The third kappa shape index (κ3) is 3.23. The normalized spacial score (nSPS) is 20.3. The molecule has 2 aliphatic heterocycles. The number of carbonyl (C=O) groups excluding carboxylic acids is 1. The zero-order valence-corrected chi connectivity index (χ0v) is 16.1. The van der Waals surface area contributed by atoms with Crippen molar-refractivity contribution in [1.29, 1.82) is 0 Å². The van der Waals surface area contributed by atoms with Crippen LogP contribution in [0.5, 0.6) is 0 Å². The Balaban J connectivity index is 0.00000192. The average Bonchev–Trinajstić information content (AvgIpc) is 3.10. The summed E-state index contributed by atoms with van der Waals surface area (Å²) in [7, 11) is 0. The van der Waals surface area contributed by atoms with Gasteiger partial charge in [0, 0.05) is 30.1 Å². The van der Waals surface area contributed by atoms with E-state index in [0.717, 1.165) is 36.2 Å². The molecular weight excluding hydrogens is 378 g/mol. The zero-order valence-electron chi connectivity index (χ0n) is 15.3. The molecule has 5 rings (SSSR count). The SMILES string of the molecule is Cl.O=C(NCc1cc2ccccc2o1)c1ccc2n(c1=O)C[C@@H]1CNC[C@H]2C1. The second kappa shape index (κ2) is 7.45. The lowest BCUT2D eigenvalue weighted by Crippen LogP contribution is -2.46. The van der Waals surface area contributed by atoms with Crippen molar-refractivity contribution < 1.29 is 9.21 Å². The first kappa shape index (κ1) is 18.8. The minimum Gasteiger partial charge on any atom is -0.459 e. The fourth-order valence-electron chi connectivity index (χ4n) is 4.35. The van der Waals surface area contributed by atoms with Crippen LogP contribution in [-0.2, 0) is 13.1 Å². The van der Waals surface area contributed by atoms with Gasteiger partial charge in [0.2, 0.25) is 0 Å². The van der Waals surface area contributed by atoms with E-state index < -0.39 is 0 Å². The number of hydrogen-bond donors (Lipinski definition) is 2. The first-order valence-electron chi connectivity index (χ1n) is 9.39. The molecule has 1 amide bonds. The number of furan rings is 1. The number of aromatic nitrogens is 1. The van der Waals surface area contributed by atoms with E-state index in [-0.39, 0.29) is 36.0 Å². The molecule has 0 unspecified atom stereocenters. The van der Waals surface area contributed by atoms with Crippen LogP contribution >= 0.6 is 12.4 Å². The molecule has 0 aliphatic carbocycles. The molecule has 1 fully saturated rings. The molecule has 2 aliphatic rings. The van der Waals surface area contributed by atoms with Crippen molar-refractivity contribution in [2.75, 3.05) is 13.1 Å². The van der Waals surface area contributed by atoms with Gasteiger partial charge < -0.3 is 19.6 Å². The molecule has 2 bridgehead atoms. The highest BCUT2D eigenvalue weighted by molar-refractivity contribution is 5.93. The lowest BCUT2D eigenvalue weighted by molar-refractivity contribution is 0.0945. The van der Waals surface area contributed by atoms with Crippen LogP contribution in [0.15, 0.2) is 51.7 Å². The zero-order chi connectivity index (χ0) is 18.4. The molecule has 4 heterocycles. The second-order valence-electron chi connectivity index (χ2n) is 7.48. The fourth-order valence-corrected chi connectivity index (χ4v) is 4.35. The van der Waals surface area contributed by atoms with Crippen LogP contribution in [0, 0.1) is 5.92 Å². The molecule has 1 saturated heterocycles. The van der Waals surface area contributed by atoms with Crippen LogP contribution in [0.4, 0.5) is 0 Å². The number of hydrogen-bond acceptors (Lipinski definition) is 4. The number of carbonyl (C=O) groups is 1. The summed E-state index contributed by atoms with van der Waals surface area (Å²) in [6.45, 7) is 2.77. The smallest absolute Gasteiger partial charge is 0.263 e. The summed E-state index contributed by atoms with van der Waals surface area (Å²) >= 11 is 0. The van der Waals surface area contributed by atoms with E-state index in [2.05, 4.69) is 10.6 Å². The number of para-hydroxylation sites is 1. The average molecular weight is 400 g/mol. The molecule has 1 aromatic carbocycles. The van der Waals surface area contributed by atoms with Gasteiger partial charge in [0.1, 0.15) is 16.9 Å². The Bertz CT molecular complexity index is 1050. The quantitative estimate of drug-likeness (QED) is 0.710. The number of benzene rings is 1. The number of nitrogens with one attached hydrogen (secondary N) is 2. The number of halogens is 1. The minimum absolute atomic E-state index is 0. The number of pyridine rings is 1. The van der Waals surface area contributed by atoms with Crippen molar-refractivity contribution in [1.82, 2.24) is 15.2 Å². The summed E-state index contributed by atoms with van der Waals surface area (Å²) in [4.78, 5) is 25.5. The van der Waals surface area contributed by atoms with Crippen LogP contribution in [0.1, 0.15) is 34.2 Å². The van der Waals surface area contributed by atoms with Crippen molar-refractivity contribution in [2.24, 2.45) is 5.92 Å². The predicted octanol–water partition coefficient (Wildman–Crippen LogP) is 2.65. The van der Waals surface area contributed by atoms with Gasteiger partial charge in [0.15, 0.2) is 0 Å². The Labute approximate surface area is 168 Å². The number of piperidine rings is 1. The minimum atomic E-state index is -0.357. The summed E-state index contributed by atoms with van der Waals surface area (Å²) in [6.07, 6.45) is 1.12. The highest BCUT2D eigenvalue weighted by atomic mass is 35.5. The summed E-state index contributed by atoms with van der Waals surface area (Å²) in [5.41, 5.74) is 1.84. The van der Waals surface area contributed by atoms with E-state index in [1.165, 1.54) is 0 Å². The molecule has 0 saturated carbocycles. The van der Waals surface area contributed by atoms with Gasteiger partial charge in [-0.05, 0) is 43.1 Å². The van der Waals surface area contributed by atoms with Crippen molar-refractivity contribution in [3.63, 3.8) is 0 Å². The number of amides is 1. The molecule has 28 heavy (non-hydrogen) atoms. The molecule has 2 N–H and O–H groups in total. The number of rotatable bonds is 3. The Morgan fingerprint density at radius 2 is 2.07 bits per heavy atom. The molecule has 2 atom stereocenters. The van der Waals surface area contributed by atoms with E-state index in [1.54, 1.807) is 10.6 Å². The number of nitrogens with zero attached hydrogens (tertiary/aromatic N) is 1. The molecule has 146 valence electrons. The summed E-state index contributed by atoms with van der Waals surface area (Å²) in [5.74, 6) is 1.13. The maximum absolute atomic E-state index is 12.9. The fraction of sp³-hybridized carbons (Fsp3) is 0.333. The maximum Gasteiger partial charge on any atom is 0.263 e. The standard InChI is InChI=1S/C21H21N3O3.ClH/c25-20(23-11-16-8-14-3-1-2-4-19(14)27-16)17-5-6-18-15-7-13(9-22-10-15)12-24(18)21(17)26;/h1-6,8,13,15,22H,7,9-12H2,(H,23,25);1H/t13-,15+;/m0./s1. The molecule has 2 aromatic heterocycles. The van der Waals surface area contributed by atoms with E-state index in [1.807, 2.05) is 36.4 Å². The third-order valence-electron chi connectivity index (χ3n) is 5.65. The van der Waals surface area contributed by atoms with Gasteiger partial charge in [-0.15, -0.1) is 12.4 Å². The first-order chi connectivity index (χ1) is 13.2. The Morgan fingerprint density at radius 1 is 1.21 bits per heavy atom. The second-order valence-corrected chi connectivity index (χ2v) is 7.48. The van der Waals surface area contributed by atoms with Crippen molar-refractivity contribution in [2.45, 2.75) is 25.4 Å². The van der Waals surface area contributed by atoms with Crippen molar-refractivity contribution >= 4 is 29.3 Å². The molecule has 6 nitrogen and oxygen atoms in total. The van der Waals surface area contributed by atoms with Gasteiger partial charge >= 0.3 is 0 Å². The summed E-state index contributed by atoms with van der Waals surface area (Å²) in [6, 6.07) is 13.2. The van der Waals surface area contributed by atoms with Crippen LogP contribution in [0.3, 0.4) is 0 Å². The van der Waals surface area contributed by atoms with E-state index in [4.69, 9.17) is 4.42 Å². The predicted molar refractivity (Wildman–Crippen MR) is 109 cm³/mol. The van der Waals surface area contributed by atoms with Gasteiger partial charge in [-0.2, -0.15) is 0 Å². The molecule has 0 spiro atoms. The van der Waals surface area contributed by atoms with Crippen molar-refractivity contribution in [3.8, 4) is 0 Å². The molecule has 3 aromatic rings. The van der Waals surface area contributed by atoms with Gasteiger partial charge in [0.25, 0.3) is 11.5 Å². The van der Waals surface area contributed by atoms with Gasteiger partial charge in [-0.1, -0.05) is 18.2 Å². The molecule has 0 radical (unpaired) electrons. The third-order valence-corrected chi connectivity index (χ3v) is 5.65. The van der Waals surface area contributed by atoms with Crippen LogP contribution in [0.25, 0.3) is 11.0 Å². The largest absolute Gasteiger partial charge is 0.459 e. The first-order valence-corrected chi connectivity index (χ1v) is 9.39. The topological polar surface area (TPSA) is 76.3 Å². The molecular formula is C21H22ClN3O3. The highest BCUT2D eigenvalue weighted by Crippen LogP contribution is 2.31. The van der Waals surface area contributed by atoms with Gasteiger partial charge in [-0.3, -0.25) is 9.59 Å². The van der Waals surface area contributed by atoms with E-state index in [9.17, 15) is 9.59 Å². The Kier molecular flexibility index (Phi) is 5.00. The lowest BCUT2D eigenvalue weighted by Gasteiger charge is -2.37. The van der Waals surface area contributed by atoms with Gasteiger partial charge in [0.05, 0.1) is 6.54 Å². The van der Waals surface area contributed by atoms with E-state index >= 15 is 0 Å². The highest BCUT2D eigenvalue weighted by Gasteiger charge is 2.31. The van der Waals surface area contributed by atoms with Gasteiger partial charge in [-0.25, -0.2) is 0 Å². The summed E-state index contributed by atoms with van der Waals surface area (Å²) in [5, 5.41) is 7.24. The monoisotopic (exact) mass is 399 g/mol. The summed E-state index contributed by atoms with van der Waals surface area (Å²) < 4.78 is 7.52. The lowest BCUT2D eigenvalue weighted by atomic mass is 9.84. The Morgan fingerprint density at radius 3 is 2.93 bits per heavy atom.